The summed E-state index contributed by atoms with van der Waals surface area (Å²) in [5.41, 5.74) is 0.834. The van der Waals surface area contributed by atoms with E-state index in [1.807, 2.05) is 24.5 Å². The Hall–Kier alpha value is -2.54. The number of amides is 1. The summed E-state index contributed by atoms with van der Waals surface area (Å²) in [7, 11) is 0. The number of carbonyl (C=O) groups excluding carboxylic acids is 1. The van der Waals surface area contributed by atoms with E-state index < -0.39 is 11.0 Å². The molecule has 0 aliphatic carbocycles. The fraction of sp³-hybridized carbons (Fsp3) is 0.188. The SMILES string of the molecule is CSN1C(=O)C(Oc2ccccc2)C1c1ccc([N+](=O)[O-])cc1. The molecule has 2 unspecified atom stereocenters. The van der Waals surface area contributed by atoms with Crippen LogP contribution in [0.2, 0.25) is 0 Å². The third-order valence-electron chi connectivity index (χ3n) is 3.65. The molecule has 0 spiro atoms. The van der Waals surface area contributed by atoms with Gasteiger partial charge in [-0.25, -0.2) is 0 Å². The van der Waals surface area contributed by atoms with Crippen molar-refractivity contribution in [1.82, 2.24) is 4.31 Å². The van der Waals surface area contributed by atoms with Crippen LogP contribution < -0.4 is 4.74 Å². The van der Waals surface area contributed by atoms with Gasteiger partial charge in [-0.1, -0.05) is 30.1 Å². The first-order chi connectivity index (χ1) is 11.1. The normalized spacial score (nSPS) is 20.0. The zero-order valence-corrected chi connectivity index (χ0v) is 13.1. The Morgan fingerprint density at radius 1 is 1.13 bits per heavy atom. The Morgan fingerprint density at radius 2 is 1.78 bits per heavy atom. The van der Waals surface area contributed by atoms with Gasteiger partial charge in [-0.15, -0.1) is 0 Å². The number of hydrogen-bond donors (Lipinski definition) is 0. The highest BCUT2D eigenvalue weighted by atomic mass is 32.2. The minimum atomic E-state index is -0.619. The second kappa shape index (κ2) is 6.29. The van der Waals surface area contributed by atoms with E-state index in [4.69, 9.17) is 4.74 Å². The molecule has 2 aromatic rings. The fourth-order valence-electron chi connectivity index (χ4n) is 2.51. The first kappa shape index (κ1) is 15.4. The van der Waals surface area contributed by atoms with Gasteiger partial charge in [0.15, 0.2) is 0 Å². The van der Waals surface area contributed by atoms with Gasteiger partial charge in [-0.2, -0.15) is 0 Å². The van der Waals surface area contributed by atoms with Crippen LogP contribution in [0.15, 0.2) is 54.6 Å². The molecule has 1 heterocycles. The molecular formula is C16H14N2O4S. The lowest BCUT2D eigenvalue weighted by molar-refractivity contribution is -0.384. The van der Waals surface area contributed by atoms with Gasteiger partial charge >= 0.3 is 0 Å². The zero-order chi connectivity index (χ0) is 16.4. The lowest BCUT2D eigenvalue weighted by Gasteiger charge is -2.44. The number of nitrogens with zero attached hydrogens (tertiary/aromatic N) is 2. The summed E-state index contributed by atoms with van der Waals surface area (Å²) >= 11 is 1.32. The highest BCUT2D eigenvalue weighted by Gasteiger charge is 2.50. The quantitative estimate of drug-likeness (QED) is 0.364. The maximum Gasteiger partial charge on any atom is 0.276 e. The molecule has 1 fully saturated rings. The maximum absolute atomic E-state index is 12.2. The third kappa shape index (κ3) is 2.87. The minimum Gasteiger partial charge on any atom is -0.478 e. The van der Waals surface area contributed by atoms with Gasteiger partial charge in [0.25, 0.3) is 11.6 Å². The van der Waals surface area contributed by atoms with Gasteiger partial charge in [0.05, 0.1) is 4.92 Å². The number of rotatable bonds is 5. The van der Waals surface area contributed by atoms with Gasteiger partial charge in [0.1, 0.15) is 11.8 Å². The molecule has 0 saturated carbocycles. The minimum absolute atomic E-state index is 0.0237. The van der Waals surface area contributed by atoms with E-state index >= 15 is 0 Å². The van der Waals surface area contributed by atoms with Crippen molar-refractivity contribution in [2.75, 3.05) is 6.26 Å². The van der Waals surface area contributed by atoms with Gasteiger partial charge in [0, 0.05) is 18.4 Å². The Kier molecular flexibility index (Phi) is 4.20. The summed E-state index contributed by atoms with van der Waals surface area (Å²) in [5, 5.41) is 10.8. The average Bonchev–Trinajstić information content (AvgIpc) is 2.58. The molecule has 1 amide bonds. The summed E-state index contributed by atoms with van der Waals surface area (Å²) in [6, 6.07) is 15.1. The van der Waals surface area contributed by atoms with Crippen LogP contribution in [-0.4, -0.2) is 27.5 Å². The molecule has 0 aromatic heterocycles. The lowest BCUT2D eigenvalue weighted by atomic mass is 9.93. The standard InChI is InChI=1S/C16H14N2O4S/c1-23-17-14(11-7-9-12(10-8-11)18(20)21)15(16(17)19)22-13-5-3-2-4-6-13/h2-10,14-15H,1H3. The van der Waals surface area contributed by atoms with Crippen molar-refractivity contribution >= 4 is 23.5 Å². The Bertz CT molecular complexity index is 721. The number of carbonyl (C=O) groups is 1. The third-order valence-corrected chi connectivity index (χ3v) is 4.45. The predicted molar refractivity (Wildman–Crippen MR) is 87.1 cm³/mol. The van der Waals surface area contributed by atoms with E-state index in [1.165, 1.54) is 24.1 Å². The number of benzene rings is 2. The van der Waals surface area contributed by atoms with Crippen molar-refractivity contribution in [2.45, 2.75) is 12.1 Å². The predicted octanol–water partition coefficient (Wildman–Crippen LogP) is 3.20. The van der Waals surface area contributed by atoms with Crippen LogP contribution in [0, 0.1) is 10.1 Å². The van der Waals surface area contributed by atoms with E-state index in [1.54, 1.807) is 28.6 Å². The van der Waals surface area contributed by atoms with Crippen molar-refractivity contribution in [1.29, 1.82) is 0 Å². The maximum atomic E-state index is 12.2. The van der Waals surface area contributed by atoms with Crippen LogP contribution in [0.1, 0.15) is 11.6 Å². The number of ether oxygens (including phenoxy) is 1. The molecule has 1 saturated heterocycles. The molecule has 0 bridgehead atoms. The number of para-hydroxylation sites is 1. The van der Waals surface area contributed by atoms with Crippen LogP contribution in [-0.2, 0) is 4.79 Å². The molecular weight excluding hydrogens is 316 g/mol. The van der Waals surface area contributed by atoms with Gasteiger partial charge in [0.2, 0.25) is 6.10 Å². The number of β-lactam (4-membered cyclic amide) rings is 1. The first-order valence-electron chi connectivity index (χ1n) is 6.95. The van der Waals surface area contributed by atoms with Crippen molar-refractivity contribution in [2.24, 2.45) is 0 Å². The van der Waals surface area contributed by atoms with E-state index in [9.17, 15) is 14.9 Å². The van der Waals surface area contributed by atoms with Crippen LogP contribution in [0.5, 0.6) is 5.75 Å². The molecule has 1 aliphatic heterocycles. The highest BCUT2D eigenvalue weighted by molar-refractivity contribution is 7.96. The summed E-state index contributed by atoms with van der Waals surface area (Å²) < 4.78 is 7.42. The van der Waals surface area contributed by atoms with Crippen molar-refractivity contribution in [3.63, 3.8) is 0 Å². The molecule has 3 rings (SSSR count). The molecule has 118 valence electrons. The van der Waals surface area contributed by atoms with Gasteiger partial charge < -0.3 is 4.74 Å². The van der Waals surface area contributed by atoms with Gasteiger partial charge in [-0.3, -0.25) is 19.2 Å². The smallest absolute Gasteiger partial charge is 0.276 e. The summed E-state index contributed by atoms with van der Waals surface area (Å²) in [6.07, 6.45) is 1.20. The number of non-ortho nitro benzene ring substituents is 1. The summed E-state index contributed by atoms with van der Waals surface area (Å²) in [5.74, 6) is 0.517. The largest absolute Gasteiger partial charge is 0.478 e. The Morgan fingerprint density at radius 3 is 2.35 bits per heavy atom. The molecule has 0 N–H and O–H groups in total. The van der Waals surface area contributed by atoms with E-state index in [0.29, 0.717) is 5.75 Å². The lowest BCUT2D eigenvalue weighted by Crippen LogP contribution is -2.57. The van der Waals surface area contributed by atoms with Gasteiger partial charge in [-0.05, 0) is 29.8 Å². The average molecular weight is 330 g/mol. The molecule has 2 atom stereocenters. The van der Waals surface area contributed by atoms with Crippen LogP contribution in [0.25, 0.3) is 0 Å². The Labute approximate surface area is 137 Å². The second-order valence-electron chi connectivity index (χ2n) is 4.99. The van der Waals surface area contributed by atoms with Crippen molar-refractivity contribution < 1.29 is 14.5 Å². The Balaban J connectivity index is 1.84. The highest BCUT2D eigenvalue weighted by Crippen LogP contribution is 2.41. The second-order valence-corrected chi connectivity index (χ2v) is 5.75. The monoisotopic (exact) mass is 330 g/mol. The molecule has 6 nitrogen and oxygen atoms in total. The number of hydrogen-bond acceptors (Lipinski definition) is 5. The first-order valence-corrected chi connectivity index (χ1v) is 8.13. The number of nitro benzene ring substituents is 1. The molecule has 0 radical (unpaired) electrons. The molecule has 23 heavy (non-hydrogen) atoms. The number of nitro groups is 1. The molecule has 7 heteroatoms. The van der Waals surface area contributed by atoms with E-state index in [2.05, 4.69) is 0 Å². The van der Waals surface area contributed by atoms with Crippen molar-refractivity contribution in [3.8, 4) is 5.75 Å². The van der Waals surface area contributed by atoms with Crippen LogP contribution in [0.4, 0.5) is 5.69 Å². The summed E-state index contributed by atoms with van der Waals surface area (Å²) in [6.45, 7) is 0. The van der Waals surface area contributed by atoms with Crippen molar-refractivity contribution in [3.05, 3.63) is 70.3 Å². The van der Waals surface area contributed by atoms with E-state index in [-0.39, 0.29) is 17.6 Å². The topological polar surface area (TPSA) is 72.7 Å². The molecule has 1 aliphatic rings. The van der Waals surface area contributed by atoms with Crippen LogP contribution in [0.3, 0.4) is 0 Å². The molecule has 2 aromatic carbocycles. The fourth-order valence-corrected chi connectivity index (χ4v) is 3.25. The van der Waals surface area contributed by atoms with E-state index in [0.717, 1.165) is 5.56 Å². The van der Waals surface area contributed by atoms with Crippen LogP contribution >= 0.6 is 11.9 Å². The summed E-state index contributed by atoms with van der Waals surface area (Å²) in [4.78, 5) is 22.5. The zero-order valence-electron chi connectivity index (χ0n) is 12.3.